The zero-order chi connectivity index (χ0) is 16.3. The van der Waals surface area contributed by atoms with Gasteiger partial charge in [0.05, 0.1) is 10.7 Å². The quantitative estimate of drug-likeness (QED) is 0.473. The van der Waals surface area contributed by atoms with Crippen LogP contribution in [-0.4, -0.2) is 26.7 Å². The normalized spacial score (nSPS) is 11.4. The van der Waals surface area contributed by atoms with E-state index >= 15 is 0 Å². The van der Waals surface area contributed by atoms with Gasteiger partial charge in [0.25, 0.3) is 16.8 Å². The van der Waals surface area contributed by atoms with Crippen molar-refractivity contribution in [3.63, 3.8) is 0 Å². The predicted octanol–water partition coefficient (Wildman–Crippen LogP) is 3.35. The molecule has 1 aromatic carbocycles. The van der Waals surface area contributed by atoms with Gasteiger partial charge in [-0.2, -0.15) is 0 Å². The predicted molar refractivity (Wildman–Crippen MR) is 81.6 cm³/mol. The van der Waals surface area contributed by atoms with E-state index in [9.17, 15) is 14.9 Å². The minimum absolute atomic E-state index is 0.0583. The molecule has 0 bridgehead atoms. The first kappa shape index (κ1) is 16.2. The lowest BCUT2D eigenvalue weighted by molar-refractivity contribution is -0.384. The second-order valence-corrected chi connectivity index (χ2v) is 6.54. The summed E-state index contributed by atoms with van der Waals surface area (Å²) < 4.78 is 5.41. The lowest BCUT2D eigenvalue weighted by Gasteiger charge is -2.14. The van der Waals surface area contributed by atoms with Gasteiger partial charge in [0, 0.05) is 11.5 Å². The van der Waals surface area contributed by atoms with Crippen molar-refractivity contribution in [3.8, 4) is 11.5 Å². The van der Waals surface area contributed by atoms with Crippen LogP contribution in [0, 0.1) is 15.5 Å². The number of thioether (sulfide) groups is 1. The Morgan fingerprint density at radius 2 is 2.00 bits per heavy atom. The maximum absolute atomic E-state index is 11.9. The molecule has 1 aromatic heterocycles. The number of ketones is 1. The van der Waals surface area contributed by atoms with Crippen molar-refractivity contribution in [2.75, 3.05) is 5.75 Å². The van der Waals surface area contributed by atoms with Gasteiger partial charge in [-0.3, -0.25) is 14.9 Å². The summed E-state index contributed by atoms with van der Waals surface area (Å²) in [5.74, 6) is 0.336. The molecule has 8 heteroatoms. The van der Waals surface area contributed by atoms with Crippen LogP contribution in [0.4, 0.5) is 5.69 Å². The zero-order valence-corrected chi connectivity index (χ0v) is 13.2. The van der Waals surface area contributed by atoms with Gasteiger partial charge in [0.1, 0.15) is 11.3 Å². The van der Waals surface area contributed by atoms with Crippen LogP contribution >= 0.6 is 11.8 Å². The van der Waals surface area contributed by atoms with E-state index in [2.05, 4.69) is 10.2 Å². The number of nitro groups is 1. The Labute approximate surface area is 131 Å². The van der Waals surface area contributed by atoms with Gasteiger partial charge in [-0.15, -0.1) is 10.2 Å². The number of Topliss-reactive ketones (excluding diaryl/α,β-unsaturated/α-hetero) is 1. The summed E-state index contributed by atoms with van der Waals surface area (Å²) >= 11 is 1.13. The van der Waals surface area contributed by atoms with Crippen molar-refractivity contribution in [1.29, 1.82) is 0 Å². The lowest BCUT2D eigenvalue weighted by atomic mass is 9.92. The fourth-order valence-electron chi connectivity index (χ4n) is 1.53. The molecule has 0 N–H and O–H groups in total. The molecule has 0 saturated carbocycles. The van der Waals surface area contributed by atoms with Gasteiger partial charge in [0.2, 0.25) is 0 Å². The molecule has 1 heterocycles. The minimum Gasteiger partial charge on any atom is -0.411 e. The molecule has 22 heavy (non-hydrogen) atoms. The largest absolute Gasteiger partial charge is 0.411 e. The fraction of sp³-hybridized carbons (Fsp3) is 0.357. The Morgan fingerprint density at radius 1 is 1.32 bits per heavy atom. The zero-order valence-electron chi connectivity index (χ0n) is 12.4. The number of para-hydroxylation sites is 1. The van der Waals surface area contributed by atoms with Crippen LogP contribution in [0.5, 0.6) is 0 Å². The molecule has 2 rings (SSSR count). The summed E-state index contributed by atoms with van der Waals surface area (Å²) in [5.41, 5.74) is -0.281. The number of benzene rings is 1. The first-order valence-corrected chi connectivity index (χ1v) is 7.51. The molecule has 0 aliphatic heterocycles. The summed E-state index contributed by atoms with van der Waals surface area (Å²) in [7, 11) is 0. The van der Waals surface area contributed by atoms with Crippen molar-refractivity contribution in [2.45, 2.75) is 26.0 Å². The second-order valence-electron chi connectivity index (χ2n) is 5.61. The van der Waals surface area contributed by atoms with Crippen LogP contribution < -0.4 is 0 Å². The highest BCUT2D eigenvalue weighted by Crippen LogP contribution is 2.30. The third kappa shape index (κ3) is 3.70. The third-order valence-electron chi connectivity index (χ3n) is 2.90. The van der Waals surface area contributed by atoms with Crippen molar-refractivity contribution in [3.05, 3.63) is 34.4 Å². The number of hydrogen-bond acceptors (Lipinski definition) is 7. The van der Waals surface area contributed by atoms with Gasteiger partial charge in [-0.05, 0) is 6.07 Å². The molecule has 0 aliphatic carbocycles. The van der Waals surface area contributed by atoms with Crippen LogP contribution in [0.15, 0.2) is 33.9 Å². The summed E-state index contributed by atoms with van der Waals surface area (Å²) in [6.07, 6.45) is 0. The number of aromatic nitrogens is 2. The fourth-order valence-corrected chi connectivity index (χ4v) is 2.46. The molecule has 0 spiro atoms. The van der Waals surface area contributed by atoms with Crippen LogP contribution in [0.2, 0.25) is 0 Å². The number of rotatable bonds is 5. The Bertz CT molecular complexity index is 706. The van der Waals surface area contributed by atoms with Crippen LogP contribution in [0.25, 0.3) is 11.5 Å². The number of hydrogen-bond donors (Lipinski definition) is 0. The second kappa shape index (κ2) is 6.27. The monoisotopic (exact) mass is 321 g/mol. The number of nitrogens with zero attached hydrogens (tertiary/aromatic N) is 3. The third-order valence-corrected chi connectivity index (χ3v) is 3.72. The first-order valence-electron chi connectivity index (χ1n) is 6.52. The summed E-state index contributed by atoms with van der Waals surface area (Å²) in [6, 6.07) is 6.13. The van der Waals surface area contributed by atoms with E-state index in [0.29, 0.717) is 0 Å². The van der Waals surface area contributed by atoms with Gasteiger partial charge >= 0.3 is 0 Å². The Hall–Kier alpha value is -2.22. The van der Waals surface area contributed by atoms with Crippen LogP contribution in [0.3, 0.4) is 0 Å². The molecule has 0 fully saturated rings. The molecule has 2 aromatic rings. The van der Waals surface area contributed by atoms with Gasteiger partial charge in [-0.1, -0.05) is 44.7 Å². The van der Waals surface area contributed by atoms with E-state index < -0.39 is 10.3 Å². The number of carbonyl (C=O) groups is 1. The molecule has 0 atom stereocenters. The Balaban J connectivity index is 2.16. The molecule has 0 amide bonds. The molecular formula is C14H15N3O4S. The van der Waals surface area contributed by atoms with E-state index in [1.165, 1.54) is 6.07 Å². The van der Waals surface area contributed by atoms with Crippen molar-refractivity contribution >= 4 is 23.2 Å². The van der Waals surface area contributed by atoms with E-state index in [1.807, 2.05) is 20.8 Å². The van der Waals surface area contributed by atoms with Gasteiger partial charge in [-0.25, -0.2) is 0 Å². The molecule has 0 aliphatic rings. The van der Waals surface area contributed by atoms with E-state index in [4.69, 9.17) is 4.42 Å². The molecule has 0 radical (unpaired) electrons. The Kier molecular flexibility index (Phi) is 4.60. The standard InChI is InChI=1S/C14H15N3O4S/c1-14(2,3)11(18)8-22-13-16-15-12(21-13)9-6-4-5-7-10(9)17(19)20/h4-7H,8H2,1-3H3. The molecular weight excluding hydrogens is 306 g/mol. The topological polar surface area (TPSA) is 99.1 Å². The highest BCUT2D eigenvalue weighted by atomic mass is 32.2. The van der Waals surface area contributed by atoms with E-state index in [0.717, 1.165) is 11.8 Å². The average Bonchev–Trinajstić information content (AvgIpc) is 2.92. The summed E-state index contributed by atoms with van der Waals surface area (Å²) in [6.45, 7) is 5.51. The number of carbonyl (C=O) groups excluding carboxylic acids is 1. The molecule has 0 saturated heterocycles. The maximum atomic E-state index is 11.9. The smallest absolute Gasteiger partial charge is 0.282 e. The average molecular weight is 321 g/mol. The molecule has 7 nitrogen and oxygen atoms in total. The summed E-state index contributed by atoms with van der Waals surface area (Å²) in [5, 5.41) is 18.8. The minimum atomic E-state index is -0.504. The van der Waals surface area contributed by atoms with Crippen molar-refractivity contribution in [2.24, 2.45) is 5.41 Å². The Morgan fingerprint density at radius 3 is 2.64 bits per heavy atom. The van der Waals surface area contributed by atoms with Crippen LogP contribution in [0.1, 0.15) is 20.8 Å². The highest BCUT2D eigenvalue weighted by molar-refractivity contribution is 7.99. The summed E-state index contributed by atoms with van der Waals surface area (Å²) in [4.78, 5) is 22.3. The highest BCUT2D eigenvalue weighted by Gasteiger charge is 2.23. The number of nitro benzene ring substituents is 1. The van der Waals surface area contributed by atoms with Gasteiger partial charge < -0.3 is 4.42 Å². The lowest BCUT2D eigenvalue weighted by Crippen LogP contribution is -2.21. The van der Waals surface area contributed by atoms with Crippen LogP contribution in [-0.2, 0) is 4.79 Å². The molecule has 116 valence electrons. The van der Waals surface area contributed by atoms with Gasteiger partial charge in [0.15, 0.2) is 0 Å². The van der Waals surface area contributed by atoms with Crippen molar-refractivity contribution in [1.82, 2.24) is 10.2 Å². The SMILES string of the molecule is CC(C)(C)C(=O)CSc1nnc(-c2ccccc2[N+](=O)[O-])o1. The van der Waals surface area contributed by atoms with E-state index in [-0.39, 0.29) is 33.9 Å². The first-order chi connectivity index (χ1) is 10.3. The van der Waals surface area contributed by atoms with Crippen molar-refractivity contribution < 1.29 is 14.1 Å². The van der Waals surface area contributed by atoms with E-state index in [1.54, 1.807) is 18.2 Å². The molecule has 0 unspecified atom stereocenters. The maximum Gasteiger partial charge on any atom is 0.282 e.